The van der Waals surface area contributed by atoms with Crippen LogP contribution in [-0.2, 0) is 0 Å². The number of fused-ring (bicyclic) bond motifs is 11. The minimum absolute atomic E-state index is 1.17. The molecule has 0 bridgehead atoms. The molecule has 11 rings (SSSR count). The van der Waals surface area contributed by atoms with Gasteiger partial charge < -0.3 is 9.13 Å². The SMILES string of the molecule is Cc1cc(C)c(-n2c3ccc4ccccc4c3c3c4cc5cccc(-c6ccc(-n7c8ccccc8c8ccccc87)cc6)c5cc4ccc32)c(C)c1. The zero-order valence-electron chi connectivity index (χ0n) is 30.0. The van der Waals surface area contributed by atoms with Gasteiger partial charge in [-0.05, 0) is 124 Å². The molecule has 2 aromatic heterocycles. The van der Waals surface area contributed by atoms with Crippen LogP contribution in [0.2, 0.25) is 0 Å². The van der Waals surface area contributed by atoms with E-state index in [4.69, 9.17) is 0 Å². The van der Waals surface area contributed by atoms with Crippen molar-refractivity contribution in [1.29, 1.82) is 0 Å². The van der Waals surface area contributed by atoms with E-state index in [0.717, 1.165) is 0 Å². The first-order valence-electron chi connectivity index (χ1n) is 18.5. The molecule has 0 amide bonds. The van der Waals surface area contributed by atoms with Crippen LogP contribution in [0, 0.1) is 20.8 Å². The highest BCUT2D eigenvalue weighted by molar-refractivity contribution is 6.29. The Morgan fingerprint density at radius 2 is 0.906 bits per heavy atom. The summed E-state index contributed by atoms with van der Waals surface area (Å²) in [6, 6.07) is 60.9. The minimum atomic E-state index is 1.17. The molecule has 0 saturated heterocycles. The Bertz CT molecular complexity index is 3220. The van der Waals surface area contributed by atoms with Crippen molar-refractivity contribution in [2.45, 2.75) is 20.8 Å². The molecule has 9 aromatic carbocycles. The van der Waals surface area contributed by atoms with Crippen LogP contribution in [-0.4, -0.2) is 9.13 Å². The summed E-state index contributed by atoms with van der Waals surface area (Å²) in [6.45, 7) is 6.69. The molecule has 0 fully saturated rings. The van der Waals surface area contributed by atoms with Crippen molar-refractivity contribution < 1.29 is 0 Å². The second-order valence-electron chi connectivity index (χ2n) is 14.7. The summed E-state index contributed by atoms with van der Waals surface area (Å²) in [5.41, 5.74) is 13.7. The fourth-order valence-corrected chi connectivity index (χ4v) is 9.38. The maximum Gasteiger partial charge on any atom is 0.0548 e. The van der Waals surface area contributed by atoms with Crippen molar-refractivity contribution in [3.8, 4) is 22.5 Å². The van der Waals surface area contributed by atoms with Gasteiger partial charge in [0.2, 0.25) is 0 Å². The van der Waals surface area contributed by atoms with E-state index in [-0.39, 0.29) is 0 Å². The average molecular weight is 677 g/mol. The second kappa shape index (κ2) is 11.2. The van der Waals surface area contributed by atoms with Crippen molar-refractivity contribution in [2.24, 2.45) is 0 Å². The molecule has 11 aromatic rings. The lowest BCUT2D eigenvalue weighted by molar-refractivity contribution is 1.11. The van der Waals surface area contributed by atoms with E-state index in [1.165, 1.54) is 115 Å². The molecule has 250 valence electrons. The summed E-state index contributed by atoms with van der Waals surface area (Å²) >= 11 is 0. The first-order valence-corrected chi connectivity index (χ1v) is 18.5. The highest BCUT2D eigenvalue weighted by atomic mass is 15.0. The Hall–Kier alpha value is -6.64. The molecule has 2 heteroatoms. The van der Waals surface area contributed by atoms with Crippen molar-refractivity contribution >= 4 is 75.9 Å². The number of aryl methyl sites for hydroxylation is 3. The van der Waals surface area contributed by atoms with Gasteiger partial charge in [0, 0.05) is 27.2 Å². The Kier molecular flexibility index (Phi) is 6.33. The molecule has 2 nitrogen and oxygen atoms in total. The lowest BCUT2D eigenvalue weighted by Crippen LogP contribution is -2.01. The van der Waals surface area contributed by atoms with E-state index in [1.807, 2.05) is 0 Å². The topological polar surface area (TPSA) is 9.86 Å². The fraction of sp³-hybridized carbons (Fsp3) is 0.0588. The summed E-state index contributed by atoms with van der Waals surface area (Å²) in [5.74, 6) is 0. The quantitative estimate of drug-likeness (QED) is 0.165. The van der Waals surface area contributed by atoms with E-state index >= 15 is 0 Å². The number of nitrogens with zero attached hydrogens (tertiary/aromatic N) is 2. The number of para-hydroxylation sites is 2. The van der Waals surface area contributed by atoms with Gasteiger partial charge in [-0.3, -0.25) is 0 Å². The van der Waals surface area contributed by atoms with E-state index in [0.29, 0.717) is 0 Å². The van der Waals surface area contributed by atoms with E-state index in [9.17, 15) is 0 Å². The third kappa shape index (κ3) is 4.33. The van der Waals surface area contributed by atoms with Crippen LogP contribution in [0.15, 0.2) is 164 Å². The van der Waals surface area contributed by atoms with Crippen LogP contribution in [0.1, 0.15) is 16.7 Å². The summed E-state index contributed by atoms with van der Waals surface area (Å²) in [6.07, 6.45) is 0. The van der Waals surface area contributed by atoms with Gasteiger partial charge in [0.15, 0.2) is 0 Å². The predicted octanol–water partition coefficient (Wildman–Crippen LogP) is 13.9. The summed E-state index contributed by atoms with van der Waals surface area (Å²) in [7, 11) is 0. The Morgan fingerprint density at radius 1 is 0.358 bits per heavy atom. The molecule has 0 aliphatic heterocycles. The maximum atomic E-state index is 2.51. The first-order chi connectivity index (χ1) is 26.0. The van der Waals surface area contributed by atoms with Gasteiger partial charge in [-0.15, -0.1) is 0 Å². The van der Waals surface area contributed by atoms with Crippen molar-refractivity contribution in [3.63, 3.8) is 0 Å². The highest BCUT2D eigenvalue weighted by Gasteiger charge is 2.20. The van der Waals surface area contributed by atoms with Crippen LogP contribution in [0.25, 0.3) is 98.4 Å². The maximum absolute atomic E-state index is 2.51. The van der Waals surface area contributed by atoms with Crippen LogP contribution in [0.3, 0.4) is 0 Å². The van der Waals surface area contributed by atoms with E-state index < -0.39 is 0 Å². The molecule has 0 unspecified atom stereocenters. The van der Waals surface area contributed by atoms with Crippen LogP contribution in [0.4, 0.5) is 0 Å². The minimum Gasteiger partial charge on any atom is -0.309 e. The van der Waals surface area contributed by atoms with Gasteiger partial charge >= 0.3 is 0 Å². The Morgan fingerprint density at radius 3 is 1.60 bits per heavy atom. The smallest absolute Gasteiger partial charge is 0.0548 e. The fourth-order valence-electron chi connectivity index (χ4n) is 9.38. The lowest BCUT2D eigenvalue weighted by atomic mass is 9.93. The molecule has 0 spiro atoms. The van der Waals surface area contributed by atoms with Crippen LogP contribution in [0.5, 0.6) is 0 Å². The van der Waals surface area contributed by atoms with E-state index in [1.54, 1.807) is 0 Å². The highest BCUT2D eigenvalue weighted by Crippen LogP contribution is 2.43. The molecule has 0 saturated carbocycles. The first kappa shape index (κ1) is 30.0. The van der Waals surface area contributed by atoms with Gasteiger partial charge in [0.25, 0.3) is 0 Å². The molecular weight excluding hydrogens is 641 g/mol. The zero-order valence-corrected chi connectivity index (χ0v) is 30.0. The summed E-state index contributed by atoms with van der Waals surface area (Å²) in [4.78, 5) is 0. The Balaban J connectivity index is 1.13. The number of hydrogen-bond acceptors (Lipinski definition) is 0. The summed E-state index contributed by atoms with van der Waals surface area (Å²) in [5, 5.41) is 12.8. The number of aromatic nitrogens is 2. The molecule has 53 heavy (non-hydrogen) atoms. The third-order valence-electron chi connectivity index (χ3n) is 11.5. The molecule has 0 N–H and O–H groups in total. The van der Waals surface area contributed by atoms with Crippen LogP contribution < -0.4 is 0 Å². The monoisotopic (exact) mass is 676 g/mol. The van der Waals surface area contributed by atoms with Gasteiger partial charge in [0.05, 0.1) is 27.8 Å². The molecular formula is C51H36N2. The van der Waals surface area contributed by atoms with E-state index in [2.05, 4.69) is 194 Å². The largest absolute Gasteiger partial charge is 0.309 e. The standard InChI is InChI=1S/C51H36N2/c1-31-27-32(2)51(33(3)28-31)53-47-25-21-34-11-4-5-13-40(34)49(47)50-44-30-36-12-10-16-39(43(36)29-37(44)22-26-48(50)53)35-19-23-38(24-20-35)52-45-17-8-6-14-41(45)42-15-7-9-18-46(42)52/h4-30H,1-3H3. The number of hydrogen-bond donors (Lipinski definition) is 0. The second-order valence-corrected chi connectivity index (χ2v) is 14.7. The van der Waals surface area contributed by atoms with Crippen LogP contribution >= 0.6 is 0 Å². The predicted molar refractivity (Wildman–Crippen MR) is 227 cm³/mol. The summed E-state index contributed by atoms with van der Waals surface area (Å²) < 4.78 is 4.90. The normalized spacial score (nSPS) is 12.1. The van der Waals surface area contributed by atoms with Crippen molar-refractivity contribution in [3.05, 3.63) is 180 Å². The molecule has 0 aliphatic carbocycles. The van der Waals surface area contributed by atoms with Gasteiger partial charge in [-0.1, -0.05) is 121 Å². The molecule has 0 aliphatic rings. The number of benzene rings is 9. The van der Waals surface area contributed by atoms with Gasteiger partial charge in [0.1, 0.15) is 0 Å². The molecule has 2 heterocycles. The zero-order chi connectivity index (χ0) is 35.4. The van der Waals surface area contributed by atoms with Crippen molar-refractivity contribution in [2.75, 3.05) is 0 Å². The third-order valence-corrected chi connectivity index (χ3v) is 11.5. The van der Waals surface area contributed by atoms with Crippen molar-refractivity contribution in [1.82, 2.24) is 9.13 Å². The van der Waals surface area contributed by atoms with Gasteiger partial charge in [-0.2, -0.15) is 0 Å². The average Bonchev–Trinajstić information content (AvgIpc) is 3.70. The van der Waals surface area contributed by atoms with Gasteiger partial charge in [-0.25, -0.2) is 0 Å². The lowest BCUT2D eigenvalue weighted by Gasteiger charge is -2.16. The molecule has 0 atom stereocenters. The Labute approximate surface area is 307 Å². The number of rotatable bonds is 3. The molecule has 0 radical (unpaired) electrons.